The molecule has 3 atom stereocenters. The molecule has 1 aliphatic carbocycles. The highest BCUT2D eigenvalue weighted by atomic mass is 16.5. The van der Waals surface area contributed by atoms with Crippen LogP contribution < -0.4 is 5.32 Å². The molecule has 0 saturated carbocycles. The van der Waals surface area contributed by atoms with Crippen LogP contribution in [-0.4, -0.2) is 59.3 Å². The number of carbonyl (C=O) groups is 3. The Morgan fingerprint density at radius 3 is 2.23 bits per heavy atom. The van der Waals surface area contributed by atoms with Crippen molar-refractivity contribution in [3.63, 3.8) is 0 Å². The lowest BCUT2D eigenvalue weighted by atomic mass is 9.98. The average molecular weight is 543 g/mol. The Bertz CT molecular complexity index is 1310. The zero-order chi connectivity index (χ0) is 28.1. The smallest absolute Gasteiger partial charge is 0.407 e. The van der Waals surface area contributed by atoms with E-state index in [0.29, 0.717) is 19.4 Å². The van der Waals surface area contributed by atoms with Gasteiger partial charge in [-0.25, -0.2) is 4.79 Å². The van der Waals surface area contributed by atoms with Crippen molar-refractivity contribution in [2.45, 2.75) is 56.9 Å². The molecular formula is C32H34N2O6. The summed E-state index contributed by atoms with van der Waals surface area (Å²) in [4.78, 5) is 39.8. The van der Waals surface area contributed by atoms with Gasteiger partial charge in [0.2, 0.25) is 5.91 Å². The molecule has 0 radical (unpaired) electrons. The SMILES string of the molecule is C[C@H](OCc1ccccc1)[C@@H](NC(=O)OCC1c2ccccc2-c2ccccc21)C(=O)N1CCCC1CC(=O)O. The molecule has 208 valence electrons. The van der Waals surface area contributed by atoms with E-state index < -0.39 is 30.3 Å². The molecule has 3 aromatic carbocycles. The highest BCUT2D eigenvalue weighted by molar-refractivity contribution is 5.87. The normalized spacial score (nSPS) is 17.5. The molecule has 0 aromatic heterocycles. The number of aliphatic carboxylic acids is 1. The number of nitrogens with one attached hydrogen (secondary N) is 1. The van der Waals surface area contributed by atoms with Crippen molar-refractivity contribution < 1.29 is 29.0 Å². The predicted octanol–water partition coefficient (Wildman–Crippen LogP) is 4.96. The van der Waals surface area contributed by atoms with E-state index in [9.17, 15) is 19.5 Å². The summed E-state index contributed by atoms with van der Waals surface area (Å²) in [6.45, 7) is 2.55. The molecule has 0 bridgehead atoms. The number of ether oxygens (including phenoxy) is 2. The van der Waals surface area contributed by atoms with Gasteiger partial charge < -0.3 is 24.8 Å². The Kier molecular flexibility index (Phi) is 8.45. The zero-order valence-corrected chi connectivity index (χ0v) is 22.5. The minimum Gasteiger partial charge on any atom is -0.481 e. The van der Waals surface area contributed by atoms with Gasteiger partial charge in [0.1, 0.15) is 12.6 Å². The molecule has 1 aliphatic heterocycles. The Morgan fingerprint density at radius 2 is 1.57 bits per heavy atom. The molecule has 1 fully saturated rings. The van der Waals surface area contributed by atoms with Gasteiger partial charge in [0, 0.05) is 18.5 Å². The van der Waals surface area contributed by atoms with Crippen LogP contribution in [0.3, 0.4) is 0 Å². The largest absolute Gasteiger partial charge is 0.481 e. The van der Waals surface area contributed by atoms with Crippen LogP contribution >= 0.6 is 0 Å². The first-order chi connectivity index (χ1) is 19.4. The van der Waals surface area contributed by atoms with E-state index in [1.807, 2.05) is 66.7 Å². The van der Waals surface area contributed by atoms with Gasteiger partial charge in [-0.15, -0.1) is 0 Å². The summed E-state index contributed by atoms with van der Waals surface area (Å²) in [5.74, 6) is -1.44. The molecule has 5 rings (SSSR count). The maximum Gasteiger partial charge on any atom is 0.407 e. The van der Waals surface area contributed by atoms with Crippen molar-refractivity contribution in [2.24, 2.45) is 0 Å². The molecule has 40 heavy (non-hydrogen) atoms. The summed E-state index contributed by atoms with van der Waals surface area (Å²) >= 11 is 0. The maximum absolute atomic E-state index is 13.7. The second-order valence-electron chi connectivity index (χ2n) is 10.4. The van der Waals surface area contributed by atoms with Crippen LogP contribution in [0.1, 0.15) is 48.8 Å². The predicted molar refractivity (Wildman–Crippen MR) is 150 cm³/mol. The highest BCUT2D eigenvalue weighted by Crippen LogP contribution is 2.44. The molecule has 2 N–H and O–H groups in total. The van der Waals surface area contributed by atoms with Crippen LogP contribution in [0.4, 0.5) is 4.79 Å². The summed E-state index contributed by atoms with van der Waals surface area (Å²) in [5.41, 5.74) is 5.38. The summed E-state index contributed by atoms with van der Waals surface area (Å²) in [5, 5.41) is 12.1. The summed E-state index contributed by atoms with van der Waals surface area (Å²) in [7, 11) is 0. The molecule has 3 aromatic rings. The summed E-state index contributed by atoms with van der Waals surface area (Å²) in [6, 6.07) is 24.3. The van der Waals surface area contributed by atoms with Crippen LogP contribution in [0.25, 0.3) is 11.1 Å². The lowest BCUT2D eigenvalue weighted by Crippen LogP contribution is -2.55. The first-order valence-electron chi connectivity index (χ1n) is 13.7. The molecule has 1 heterocycles. The number of carboxylic acids is 1. The molecule has 1 saturated heterocycles. The van der Waals surface area contributed by atoms with Crippen LogP contribution in [-0.2, 0) is 25.7 Å². The van der Waals surface area contributed by atoms with Crippen molar-refractivity contribution in [1.29, 1.82) is 0 Å². The van der Waals surface area contributed by atoms with Crippen molar-refractivity contribution in [3.8, 4) is 11.1 Å². The average Bonchev–Trinajstić information content (AvgIpc) is 3.55. The number of rotatable bonds is 10. The molecule has 2 aliphatic rings. The summed E-state index contributed by atoms with van der Waals surface area (Å²) < 4.78 is 11.7. The highest BCUT2D eigenvalue weighted by Gasteiger charge is 2.38. The Hall–Kier alpha value is -4.17. The lowest BCUT2D eigenvalue weighted by Gasteiger charge is -2.31. The minimum atomic E-state index is -1.03. The number of carbonyl (C=O) groups excluding carboxylic acids is 2. The van der Waals surface area contributed by atoms with Gasteiger partial charge in [-0.3, -0.25) is 9.59 Å². The number of benzene rings is 3. The molecular weight excluding hydrogens is 508 g/mol. The number of fused-ring (bicyclic) bond motifs is 3. The fourth-order valence-electron chi connectivity index (χ4n) is 5.76. The maximum atomic E-state index is 13.7. The monoisotopic (exact) mass is 542 g/mol. The van der Waals surface area contributed by atoms with Crippen molar-refractivity contribution in [1.82, 2.24) is 10.2 Å². The fraction of sp³-hybridized carbons (Fsp3) is 0.344. The van der Waals surface area contributed by atoms with Gasteiger partial charge in [0.15, 0.2) is 0 Å². The van der Waals surface area contributed by atoms with Gasteiger partial charge in [-0.1, -0.05) is 78.9 Å². The van der Waals surface area contributed by atoms with Gasteiger partial charge in [-0.05, 0) is 47.6 Å². The van der Waals surface area contributed by atoms with Gasteiger partial charge in [0.25, 0.3) is 0 Å². The Morgan fingerprint density at radius 1 is 0.950 bits per heavy atom. The topological polar surface area (TPSA) is 105 Å². The van der Waals surface area contributed by atoms with Crippen molar-refractivity contribution >= 4 is 18.0 Å². The standard InChI is InChI=1S/C32H34N2O6/c1-21(39-19-22-10-3-2-4-11-22)30(31(37)34-17-9-12-23(34)18-29(35)36)33-32(38)40-20-28-26-15-7-5-13-24(26)25-14-6-8-16-27(25)28/h2-8,10-11,13-16,21,23,28,30H,9,12,17-20H2,1H3,(H,33,38)(H,35,36)/t21-,23?,30+/m0/s1. The third kappa shape index (κ3) is 6.02. The van der Waals surface area contributed by atoms with Crippen molar-refractivity contribution in [3.05, 3.63) is 95.6 Å². The fourth-order valence-corrected chi connectivity index (χ4v) is 5.76. The van der Waals surface area contributed by atoms with E-state index in [0.717, 1.165) is 27.8 Å². The van der Waals surface area contributed by atoms with Crippen molar-refractivity contribution in [2.75, 3.05) is 13.2 Å². The third-order valence-electron chi connectivity index (χ3n) is 7.78. The lowest BCUT2D eigenvalue weighted by molar-refractivity contribution is -0.142. The zero-order valence-electron chi connectivity index (χ0n) is 22.5. The molecule has 8 nitrogen and oxygen atoms in total. The number of amides is 2. The Labute approximate surface area is 233 Å². The second kappa shape index (κ2) is 12.3. The van der Waals surface area contributed by atoms with Gasteiger partial charge in [-0.2, -0.15) is 0 Å². The molecule has 1 unspecified atom stereocenters. The van der Waals surface area contributed by atoms with Gasteiger partial charge in [0.05, 0.1) is 19.1 Å². The first kappa shape index (κ1) is 27.4. The number of nitrogens with zero attached hydrogens (tertiary/aromatic N) is 1. The van der Waals surface area contributed by atoms with Crippen LogP contribution in [0.2, 0.25) is 0 Å². The Balaban J connectivity index is 1.29. The number of carboxylic acid groups (broad SMARTS) is 1. The van der Waals surface area contributed by atoms with E-state index in [4.69, 9.17) is 9.47 Å². The van der Waals surface area contributed by atoms with E-state index in [1.54, 1.807) is 11.8 Å². The number of alkyl carbamates (subject to hydrolysis) is 1. The molecule has 0 spiro atoms. The van der Waals surface area contributed by atoms with E-state index in [2.05, 4.69) is 17.4 Å². The van der Waals surface area contributed by atoms with Crippen LogP contribution in [0.15, 0.2) is 78.9 Å². The van der Waals surface area contributed by atoms with E-state index in [-0.39, 0.29) is 31.5 Å². The van der Waals surface area contributed by atoms with E-state index >= 15 is 0 Å². The minimum absolute atomic E-state index is 0.113. The summed E-state index contributed by atoms with van der Waals surface area (Å²) in [6.07, 6.45) is -0.221. The van der Waals surface area contributed by atoms with Gasteiger partial charge >= 0.3 is 12.1 Å². The number of hydrogen-bond donors (Lipinski definition) is 2. The van der Waals surface area contributed by atoms with Crippen LogP contribution in [0.5, 0.6) is 0 Å². The molecule has 2 amide bonds. The quantitative estimate of drug-likeness (QED) is 0.375. The number of likely N-dealkylation sites (tertiary alicyclic amines) is 1. The van der Waals surface area contributed by atoms with Crippen LogP contribution in [0, 0.1) is 0 Å². The second-order valence-corrected chi connectivity index (χ2v) is 10.4. The number of hydrogen-bond acceptors (Lipinski definition) is 5. The third-order valence-corrected chi connectivity index (χ3v) is 7.78. The van der Waals surface area contributed by atoms with E-state index in [1.165, 1.54) is 0 Å². The first-order valence-corrected chi connectivity index (χ1v) is 13.7. The molecule has 8 heteroatoms.